The molecule has 4 heteroatoms. The summed E-state index contributed by atoms with van der Waals surface area (Å²) in [4.78, 5) is 23.9. The number of carboxylic acids is 1. The van der Waals surface area contributed by atoms with Crippen LogP contribution in [0.1, 0.15) is 141 Å². The van der Waals surface area contributed by atoms with Crippen molar-refractivity contribution in [2.45, 2.75) is 141 Å². The van der Waals surface area contributed by atoms with Gasteiger partial charge in [-0.3, -0.25) is 4.79 Å². The summed E-state index contributed by atoms with van der Waals surface area (Å²) < 4.78 is 0. The Labute approximate surface area is 180 Å². The van der Waals surface area contributed by atoms with Crippen LogP contribution in [0, 0.1) is 0 Å². The molecule has 0 fully saturated rings. The van der Waals surface area contributed by atoms with Gasteiger partial charge in [-0.05, 0) is 12.8 Å². The van der Waals surface area contributed by atoms with Crippen LogP contribution in [0.3, 0.4) is 0 Å². The van der Waals surface area contributed by atoms with Crippen molar-refractivity contribution in [2.75, 3.05) is 6.54 Å². The first-order valence-corrected chi connectivity index (χ1v) is 12.5. The van der Waals surface area contributed by atoms with Crippen LogP contribution in [-0.2, 0) is 9.59 Å². The summed E-state index contributed by atoms with van der Waals surface area (Å²) in [6, 6.07) is 0. The van der Waals surface area contributed by atoms with Crippen LogP contribution in [0.15, 0.2) is 4.99 Å². The number of unbranched alkanes of at least 4 members (excludes halogenated alkanes) is 20. The average Bonchev–Trinajstić information content (AvgIpc) is 2.71. The Bertz CT molecular complexity index is 370. The summed E-state index contributed by atoms with van der Waals surface area (Å²) in [5.74, 6) is -0.660. The van der Waals surface area contributed by atoms with E-state index in [0.717, 1.165) is 19.3 Å². The van der Waals surface area contributed by atoms with Gasteiger partial charge in [0.1, 0.15) is 0 Å². The molecule has 0 aliphatic carbocycles. The standard InChI is InChI=1S/C25H47NO3/c27-24-26-23-21-19-17-15-13-11-9-7-5-3-1-2-4-6-8-10-12-14-16-18-20-22-25(28)29/h1-23H2,(H,28,29). The molecule has 0 amide bonds. The summed E-state index contributed by atoms with van der Waals surface area (Å²) in [5.41, 5.74) is 0. The van der Waals surface area contributed by atoms with Crippen LogP contribution in [0.4, 0.5) is 0 Å². The molecule has 0 aromatic rings. The zero-order valence-corrected chi connectivity index (χ0v) is 19.0. The van der Waals surface area contributed by atoms with E-state index in [1.165, 1.54) is 116 Å². The normalized spacial score (nSPS) is 10.8. The van der Waals surface area contributed by atoms with Crippen molar-refractivity contribution in [3.63, 3.8) is 0 Å². The van der Waals surface area contributed by atoms with Crippen LogP contribution in [-0.4, -0.2) is 23.7 Å². The number of rotatable bonds is 24. The first-order chi connectivity index (χ1) is 14.3. The lowest BCUT2D eigenvalue weighted by Crippen LogP contribution is -1.93. The van der Waals surface area contributed by atoms with Gasteiger partial charge in [0.2, 0.25) is 6.08 Å². The Morgan fingerprint density at radius 2 is 0.793 bits per heavy atom. The Morgan fingerprint density at radius 1 is 0.517 bits per heavy atom. The lowest BCUT2D eigenvalue weighted by molar-refractivity contribution is -0.137. The summed E-state index contributed by atoms with van der Waals surface area (Å²) >= 11 is 0. The molecule has 0 aromatic heterocycles. The predicted molar refractivity (Wildman–Crippen MR) is 122 cm³/mol. The minimum Gasteiger partial charge on any atom is -0.481 e. The number of isocyanates is 1. The number of aliphatic carboxylic acids is 1. The third kappa shape index (κ3) is 26.9. The van der Waals surface area contributed by atoms with Gasteiger partial charge in [-0.2, -0.15) is 0 Å². The Balaban J connectivity index is 3.01. The Kier molecular flexibility index (Phi) is 23.9. The molecular weight excluding hydrogens is 362 g/mol. The zero-order chi connectivity index (χ0) is 21.3. The molecule has 170 valence electrons. The molecule has 0 bridgehead atoms. The fourth-order valence-electron chi connectivity index (χ4n) is 3.87. The van der Waals surface area contributed by atoms with E-state index < -0.39 is 5.97 Å². The minimum absolute atomic E-state index is 0.335. The molecule has 0 rings (SSSR count). The maximum absolute atomic E-state index is 10.4. The van der Waals surface area contributed by atoms with Gasteiger partial charge in [-0.15, -0.1) is 0 Å². The molecule has 0 spiro atoms. The van der Waals surface area contributed by atoms with Crippen molar-refractivity contribution in [1.29, 1.82) is 0 Å². The molecule has 0 unspecified atom stereocenters. The molecular formula is C25H47NO3. The predicted octanol–water partition coefficient (Wildman–Crippen LogP) is 7.99. The maximum Gasteiger partial charge on any atom is 0.303 e. The van der Waals surface area contributed by atoms with Gasteiger partial charge in [-0.1, -0.05) is 122 Å². The number of hydrogen-bond donors (Lipinski definition) is 1. The average molecular weight is 410 g/mol. The quantitative estimate of drug-likeness (QED) is 0.0997. The van der Waals surface area contributed by atoms with Gasteiger partial charge in [0, 0.05) is 6.42 Å². The molecule has 0 aliphatic rings. The van der Waals surface area contributed by atoms with Crippen LogP contribution in [0.2, 0.25) is 0 Å². The number of carbonyl (C=O) groups is 1. The summed E-state index contributed by atoms with van der Waals surface area (Å²) in [7, 11) is 0. The first-order valence-electron chi connectivity index (χ1n) is 12.5. The van der Waals surface area contributed by atoms with Crippen LogP contribution in [0.5, 0.6) is 0 Å². The van der Waals surface area contributed by atoms with Crippen molar-refractivity contribution < 1.29 is 14.7 Å². The van der Waals surface area contributed by atoms with E-state index in [9.17, 15) is 9.59 Å². The third-order valence-corrected chi connectivity index (χ3v) is 5.73. The number of aliphatic imine (C=N–C) groups is 1. The molecule has 0 heterocycles. The highest BCUT2D eigenvalue weighted by Gasteiger charge is 1.97. The molecule has 29 heavy (non-hydrogen) atoms. The van der Waals surface area contributed by atoms with Gasteiger partial charge in [0.05, 0.1) is 6.54 Å². The maximum atomic E-state index is 10.4. The zero-order valence-electron chi connectivity index (χ0n) is 19.0. The Morgan fingerprint density at radius 3 is 1.07 bits per heavy atom. The van der Waals surface area contributed by atoms with Crippen LogP contribution < -0.4 is 0 Å². The first kappa shape index (κ1) is 27.8. The largest absolute Gasteiger partial charge is 0.481 e. The van der Waals surface area contributed by atoms with Gasteiger partial charge in [-0.25, -0.2) is 9.79 Å². The van der Waals surface area contributed by atoms with E-state index in [4.69, 9.17) is 5.11 Å². The van der Waals surface area contributed by atoms with Crippen LogP contribution >= 0.6 is 0 Å². The smallest absolute Gasteiger partial charge is 0.303 e. The SMILES string of the molecule is O=C=NCCCCCCCCCCCCCCCCCCCCCCCC(=O)O. The highest BCUT2D eigenvalue weighted by atomic mass is 16.4. The van der Waals surface area contributed by atoms with Gasteiger partial charge in [0.25, 0.3) is 0 Å². The van der Waals surface area contributed by atoms with E-state index >= 15 is 0 Å². The van der Waals surface area contributed by atoms with E-state index in [2.05, 4.69) is 4.99 Å². The van der Waals surface area contributed by atoms with Crippen molar-refractivity contribution in [1.82, 2.24) is 0 Å². The molecule has 4 nitrogen and oxygen atoms in total. The van der Waals surface area contributed by atoms with Gasteiger partial charge < -0.3 is 5.11 Å². The van der Waals surface area contributed by atoms with Gasteiger partial charge in [0.15, 0.2) is 0 Å². The number of hydrogen-bond acceptors (Lipinski definition) is 3. The number of carbonyl (C=O) groups excluding carboxylic acids is 1. The van der Waals surface area contributed by atoms with Crippen LogP contribution in [0.25, 0.3) is 0 Å². The topological polar surface area (TPSA) is 66.7 Å². The van der Waals surface area contributed by atoms with E-state index in [1.807, 2.05) is 0 Å². The molecule has 0 aliphatic heterocycles. The molecule has 0 aromatic carbocycles. The van der Waals surface area contributed by atoms with E-state index in [0.29, 0.717) is 13.0 Å². The fourth-order valence-corrected chi connectivity index (χ4v) is 3.87. The van der Waals surface area contributed by atoms with Crippen molar-refractivity contribution >= 4 is 12.0 Å². The van der Waals surface area contributed by atoms with E-state index in [1.54, 1.807) is 6.08 Å². The second-order valence-corrected chi connectivity index (χ2v) is 8.54. The van der Waals surface area contributed by atoms with E-state index in [-0.39, 0.29) is 0 Å². The third-order valence-electron chi connectivity index (χ3n) is 5.73. The second-order valence-electron chi connectivity index (χ2n) is 8.54. The van der Waals surface area contributed by atoms with Gasteiger partial charge >= 0.3 is 5.97 Å². The summed E-state index contributed by atoms with van der Waals surface area (Å²) in [6.45, 7) is 0.654. The lowest BCUT2D eigenvalue weighted by atomic mass is 10.0. The summed E-state index contributed by atoms with van der Waals surface area (Å²) in [5, 5.41) is 8.58. The molecule has 0 atom stereocenters. The highest BCUT2D eigenvalue weighted by Crippen LogP contribution is 2.15. The lowest BCUT2D eigenvalue weighted by Gasteiger charge is -2.04. The second kappa shape index (κ2) is 24.9. The molecule has 1 N–H and O–H groups in total. The molecule has 0 saturated heterocycles. The van der Waals surface area contributed by atoms with Crippen molar-refractivity contribution in [3.8, 4) is 0 Å². The minimum atomic E-state index is -0.660. The number of carboxylic acid groups (broad SMARTS) is 1. The van der Waals surface area contributed by atoms with Crippen molar-refractivity contribution in [3.05, 3.63) is 0 Å². The highest BCUT2D eigenvalue weighted by molar-refractivity contribution is 5.66. The monoisotopic (exact) mass is 409 g/mol. The molecule has 0 saturated carbocycles. The molecule has 0 radical (unpaired) electrons. The summed E-state index contributed by atoms with van der Waals surface area (Å²) in [6.07, 6.45) is 29.2. The van der Waals surface area contributed by atoms with Crippen molar-refractivity contribution in [2.24, 2.45) is 4.99 Å². The Hall–Kier alpha value is -1.15. The number of nitrogens with zero attached hydrogens (tertiary/aromatic N) is 1. The fraction of sp³-hybridized carbons (Fsp3) is 0.920.